The van der Waals surface area contributed by atoms with E-state index in [0.717, 1.165) is 72.1 Å². The van der Waals surface area contributed by atoms with E-state index in [2.05, 4.69) is 31.9 Å². The monoisotopic (exact) mass is 473 g/mol. The molecule has 24 heavy (non-hydrogen) atoms. The maximum atomic E-state index is 9.07. The minimum absolute atomic E-state index is 0. The molecule has 9 heteroatoms. The van der Waals surface area contributed by atoms with Gasteiger partial charge in [-0.3, -0.25) is 0 Å². The summed E-state index contributed by atoms with van der Waals surface area (Å²) in [4.78, 5) is 0. The van der Waals surface area contributed by atoms with Crippen molar-refractivity contribution in [1.82, 2.24) is 31.9 Å². The van der Waals surface area contributed by atoms with Crippen LogP contribution >= 0.6 is 0 Å². The third kappa shape index (κ3) is 25.3. The molecule has 0 spiro atoms. The Labute approximate surface area is 181 Å². The van der Waals surface area contributed by atoms with E-state index in [9.17, 15) is 0 Å². The zero-order chi connectivity index (χ0) is 17.0. The van der Waals surface area contributed by atoms with E-state index >= 15 is 0 Å². The van der Waals surface area contributed by atoms with E-state index in [0.29, 0.717) is 13.1 Å². The molecular weight excluding hydrogens is 436 g/mol. The van der Waals surface area contributed by atoms with E-state index in [1.807, 2.05) is 0 Å². The largest absolute Gasteiger partial charge is 0.565 e. The molecule has 0 amide bonds. The summed E-state index contributed by atoms with van der Waals surface area (Å²) in [7, 11) is 0. The number of nitrogens with one attached hydrogen (secondary N) is 6. The van der Waals surface area contributed by atoms with Gasteiger partial charge < -0.3 is 42.1 Å². The van der Waals surface area contributed by atoms with Gasteiger partial charge in [0.15, 0.2) is 0 Å². The Hall–Kier alpha value is 1.06. The molecule has 0 rings (SSSR count). The number of aliphatic hydroxyl groups is 2. The zero-order valence-electron chi connectivity index (χ0n) is 15.0. The topological polar surface area (TPSA) is 113 Å². The fourth-order valence-electron chi connectivity index (χ4n) is 1.86. The summed E-state index contributed by atoms with van der Waals surface area (Å²) in [5.74, 6) is 0. The van der Waals surface area contributed by atoms with Crippen molar-refractivity contribution < 1.29 is 52.0 Å². The van der Waals surface area contributed by atoms with Crippen molar-refractivity contribution in [2.45, 2.75) is 13.0 Å². The Bertz CT molecular complexity index is 228. The molecule has 0 radical (unpaired) electrons. The molecule has 8 nitrogen and oxygen atoms in total. The first-order valence-corrected chi connectivity index (χ1v) is 8.65. The predicted molar refractivity (Wildman–Crippen MR) is 95.1 cm³/mol. The van der Waals surface area contributed by atoms with Crippen LogP contribution < -0.4 is 31.9 Å². The molecule has 0 fully saturated rings. The molecule has 0 bridgehead atoms. The maximum absolute atomic E-state index is 9.07. The Balaban J connectivity index is 0. The first-order valence-electron chi connectivity index (χ1n) is 8.65. The van der Waals surface area contributed by atoms with Gasteiger partial charge in [0.25, 0.3) is 0 Å². The number of hydrogen-bond acceptors (Lipinski definition) is 8. The molecule has 0 heterocycles. The SMILES string of the molecule is CC(O)CNCCNCCNCCNCCNCCNC[CH-]O.[Ce]. The molecule has 8 N–H and O–H groups in total. The Kier molecular flexibility index (Phi) is 27.3. The third-order valence-electron chi connectivity index (χ3n) is 3.07. The smallest absolute Gasteiger partial charge is 0.0636 e. The molecule has 0 saturated carbocycles. The Morgan fingerprint density at radius 1 is 0.667 bits per heavy atom. The van der Waals surface area contributed by atoms with Crippen molar-refractivity contribution in [1.29, 1.82) is 0 Å². The summed E-state index contributed by atoms with van der Waals surface area (Å²) in [6.07, 6.45) is -0.277. The summed E-state index contributed by atoms with van der Waals surface area (Å²) in [5.41, 5.74) is 0. The van der Waals surface area contributed by atoms with Crippen LogP contribution in [0.3, 0.4) is 0 Å². The van der Waals surface area contributed by atoms with Gasteiger partial charge in [0.05, 0.1) is 6.10 Å². The summed E-state index contributed by atoms with van der Waals surface area (Å²) in [6.45, 7) is 13.4. The number of hydrogen-bond donors (Lipinski definition) is 8. The second-order valence-electron chi connectivity index (χ2n) is 5.44. The van der Waals surface area contributed by atoms with Crippen LogP contribution in [0.1, 0.15) is 6.92 Å². The van der Waals surface area contributed by atoms with Gasteiger partial charge in [-0.2, -0.15) is 0 Å². The van der Waals surface area contributed by atoms with Gasteiger partial charge in [-0.15, -0.1) is 6.54 Å². The summed E-state index contributed by atoms with van der Waals surface area (Å²) in [6, 6.07) is 0. The molecule has 0 saturated heterocycles. The second-order valence-corrected chi connectivity index (χ2v) is 5.44. The second kappa shape index (κ2) is 24.1. The van der Waals surface area contributed by atoms with Crippen molar-refractivity contribution >= 4 is 0 Å². The third-order valence-corrected chi connectivity index (χ3v) is 3.07. The summed E-state index contributed by atoms with van der Waals surface area (Å²) >= 11 is 0. The zero-order valence-corrected chi connectivity index (χ0v) is 18.2. The molecule has 0 aliphatic rings. The summed E-state index contributed by atoms with van der Waals surface area (Å²) in [5, 5.41) is 37.2. The molecular formula is C15H37CeN6O2-. The van der Waals surface area contributed by atoms with Crippen molar-refractivity contribution in [3.05, 3.63) is 6.61 Å². The van der Waals surface area contributed by atoms with Crippen LogP contribution in [0.5, 0.6) is 0 Å². The van der Waals surface area contributed by atoms with Gasteiger partial charge in [-0.25, -0.2) is 6.61 Å². The fraction of sp³-hybridized carbons (Fsp3) is 0.933. The van der Waals surface area contributed by atoms with Crippen LogP contribution in [0.15, 0.2) is 0 Å². The van der Waals surface area contributed by atoms with Crippen molar-refractivity contribution in [3.8, 4) is 0 Å². The van der Waals surface area contributed by atoms with Gasteiger partial charge in [0.2, 0.25) is 0 Å². The van der Waals surface area contributed by atoms with Crippen molar-refractivity contribution in [3.63, 3.8) is 0 Å². The van der Waals surface area contributed by atoms with Crippen LogP contribution in [0.25, 0.3) is 0 Å². The summed E-state index contributed by atoms with van der Waals surface area (Å²) < 4.78 is 0. The molecule has 144 valence electrons. The molecule has 0 aliphatic heterocycles. The van der Waals surface area contributed by atoms with E-state index in [1.165, 1.54) is 0 Å². The minimum atomic E-state index is -0.277. The van der Waals surface area contributed by atoms with Gasteiger partial charge in [0, 0.05) is 114 Å². The van der Waals surface area contributed by atoms with Crippen molar-refractivity contribution in [2.24, 2.45) is 0 Å². The fourth-order valence-corrected chi connectivity index (χ4v) is 1.86. The van der Waals surface area contributed by atoms with Crippen molar-refractivity contribution in [2.75, 3.05) is 78.5 Å². The van der Waals surface area contributed by atoms with Gasteiger partial charge in [-0.1, -0.05) is 0 Å². The quantitative estimate of drug-likeness (QED) is 0.0764. The first kappa shape index (κ1) is 27.3. The Morgan fingerprint density at radius 2 is 1.00 bits per heavy atom. The van der Waals surface area contributed by atoms with Crippen LogP contribution in [-0.4, -0.2) is 94.9 Å². The van der Waals surface area contributed by atoms with Gasteiger partial charge >= 0.3 is 0 Å². The maximum Gasteiger partial charge on any atom is 0.0636 e. The molecule has 0 aliphatic carbocycles. The molecule has 1 atom stereocenters. The normalized spacial score (nSPS) is 12.1. The predicted octanol–water partition coefficient (Wildman–Crippen LogP) is -2.56. The molecule has 0 aromatic rings. The number of rotatable bonds is 19. The van der Waals surface area contributed by atoms with Gasteiger partial charge in [-0.05, 0) is 6.92 Å². The van der Waals surface area contributed by atoms with E-state index in [4.69, 9.17) is 10.2 Å². The van der Waals surface area contributed by atoms with E-state index in [1.54, 1.807) is 6.92 Å². The minimum Gasteiger partial charge on any atom is -0.565 e. The van der Waals surface area contributed by atoms with Gasteiger partial charge in [0.1, 0.15) is 0 Å². The average molecular weight is 474 g/mol. The number of aliphatic hydroxyl groups excluding tert-OH is 2. The standard InChI is InChI=1S/C15H37N6O2.Ce/c1-15(23)14-21-11-10-19-7-6-17-3-2-16-4-5-18-8-9-20-12-13-22;/h13,15-23H,2-12,14H2,1H3;/q-1;. The average Bonchev–Trinajstić information content (AvgIpc) is 2.53. The van der Waals surface area contributed by atoms with E-state index < -0.39 is 0 Å². The molecule has 0 aromatic heterocycles. The van der Waals surface area contributed by atoms with E-state index in [-0.39, 0.29) is 47.9 Å². The van der Waals surface area contributed by atoms with Crippen LogP contribution in [0, 0.1) is 48.4 Å². The van der Waals surface area contributed by atoms with Crippen LogP contribution in [0.4, 0.5) is 0 Å². The van der Waals surface area contributed by atoms with Crippen LogP contribution in [0.2, 0.25) is 0 Å². The Morgan fingerprint density at radius 3 is 1.33 bits per heavy atom. The molecule has 0 aromatic carbocycles. The first-order chi connectivity index (χ1) is 11.3. The molecule has 1 unspecified atom stereocenters. The van der Waals surface area contributed by atoms with Crippen LogP contribution in [-0.2, 0) is 0 Å².